The summed E-state index contributed by atoms with van der Waals surface area (Å²) < 4.78 is 32.6. The lowest BCUT2D eigenvalue weighted by molar-refractivity contribution is -0.141. The Morgan fingerprint density at radius 3 is 2.36 bits per heavy atom. The molecule has 146 valence electrons. The van der Waals surface area contributed by atoms with Crippen molar-refractivity contribution in [3.8, 4) is 0 Å². The van der Waals surface area contributed by atoms with Crippen LogP contribution in [0.4, 0.5) is 5.69 Å². The van der Waals surface area contributed by atoms with Crippen LogP contribution in [0, 0.1) is 0 Å². The zero-order valence-electron chi connectivity index (χ0n) is 14.9. The van der Waals surface area contributed by atoms with E-state index in [1.165, 1.54) is 24.3 Å². The van der Waals surface area contributed by atoms with Crippen molar-refractivity contribution in [2.75, 3.05) is 17.5 Å². The molecule has 8 heteroatoms. The molecule has 0 aliphatic carbocycles. The fourth-order valence-corrected chi connectivity index (χ4v) is 4.46. The van der Waals surface area contributed by atoms with E-state index in [9.17, 15) is 13.2 Å². The summed E-state index contributed by atoms with van der Waals surface area (Å²) in [6, 6.07) is 16.6. The summed E-state index contributed by atoms with van der Waals surface area (Å²) in [4.78, 5) is 12.1. The van der Waals surface area contributed by atoms with Gasteiger partial charge in [0.1, 0.15) is 6.54 Å². The molecule has 0 saturated heterocycles. The molecule has 0 saturated carbocycles. The SMILES string of the molecule is CCOC(=O)CN(c1ccc(Cl)c(Cl)c1)S(=O)(=O)c1ccc2ccccc2c1. The minimum absolute atomic E-state index is 0.0570. The second-order valence-electron chi connectivity index (χ2n) is 5.92. The molecule has 0 radical (unpaired) electrons. The maximum Gasteiger partial charge on any atom is 0.326 e. The Morgan fingerprint density at radius 1 is 0.964 bits per heavy atom. The molecular weight excluding hydrogens is 421 g/mol. The molecule has 0 aromatic heterocycles. The molecule has 0 N–H and O–H groups in total. The Kier molecular flexibility index (Phi) is 6.13. The van der Waals surface area contributed by atoms with E-state index in [0.29, 0.717) is 0 Å². The first kappa shape index (κ1) is 20.5. The number of esters is 1. The highest BCUT2D eigenvalue weighted by molar-refractivity contribution is 7.92. The summed E-state index contributed by atoms with van der Waals surface area (Å²) in [6.45, 7) is 1.31. The van der Waals surface area contributed by atoms with E-state index in [1.807, 2.05) is 24.3 Å². The summed E-state index contributed by atoms with van der Waals surface area (Å²) >= 11 is 12.0. The second kappa shape index (κ2) is 8.39. The average Bonchev–Trinajstić information content (AvgIpc) is 2.68. The third-order valence-corrected chi connectivity index (χ3v) is 6.59. The number of nitrogens with zero attached hydrogens (tertiary/aromatic N) is 1. The molecule has 0 fully saturated rings. The Morgan fingerprint density at radius 2 is 1.68 bits per heavy atom. The van der Waals surface area contributed by atoms with Crippen molar-refractivity contribution in [3.05, 3.63) is 70.7 Å². The number of rotatable bonds is 6. The molecule has 0 atom stereocenters. The van der Waals surface area contributed by atoms with Gasteiger partial charge in [0.05, 0.1) is 27.2 Å². The summed E-state index contributed by atoms with van der Waals surface area (Å²) in [6.07, 6.45) is 0. The molecule has 0 amide bonds. The monoisotopic (exact) mass is 437 g/mol. The summed E-state index contributed by atoms with van der Waals surface area (Å²) in [5, 5.41) is 2.15. The van der Waals surface area contributed by atoms with Gasteiger partial charge in [-0.25, -0.2) is 8.42 Å². The summed E-state index contributed by atoms with van der Waals surface area (Å²) in [5.74, 6) is -0.669. The maximum absolute atomic E-state index is 13.4. The number of carbonyl (C=O) groups excluding carboxylic acids is 1. The van der Waals surface area contributed by atoms with Crippen LogP contribution in [0.5, 0.6) is 0 Å². The molecule has 3 aromatic rings. The molecule has 3 rings (SSSR count). The van der Waals surface area contributed by atoms with Gasteiger partial charge in [-0.3, -0.25) is 9.10 Å². The third-order valence-electron chi connectivity index (χ3n) is 4.08. The molecule has 0 aliphatic rings. The lowest BCUT2D eigenvalue weighted by atomic mass is 10.1. The molecule has 0 bridgehead atoms. The standard InChI is InChI=1S/C20H17Cl2NO4S/c1-2-27-20(24)13-23(16-8-10-18(21)19(22)12-16)28(25,26)17-9-7-14-5-3-4-6-15(14)11-17/h3-12H,2,13H2,1H3. The van der Waals surface area contributed by atoms with Crippen molar-refractivity contribution in [2.45, 2.75) is 11.8 Å². The molecular formula is C20H17Cl2NO4S. The smallest absolute Gasteiger partial charge is 0.326 e. The molecule has 0 heterocycles. The minimum atomic E-state index is -4.06. The van der Waals surface area contributed by atoms with Gasteiger partial charge in [-0.15, -0.1) is 0 Å². The van der Waals surface area contributed by atoms with Crippen LogP contribution in [0.2, 0.25) is 10.0 Å². The number of hydrogen-bond donors (Lipinski definition) is 0. The molecule has 0 spiro atoms. The van der Waals surface area contributed by atoms with E-state index >= 15 is 0 Å². The predicted molar refractivity (Wildman–Crippen MR) is 112 cm³/mol. The largest absolute Gasteiger partial charge is 0.465 e. The van der Waals surface area contributed by atoms with E-state index in [0.717, 1.165) is 15.1 Å². The van der Waals surface area contributed by atoms with Crippen LogP contribution < -0.4 is 4.31 Å². The first-order valence-electron chi connectivity index (χ1n) is 8.45. The molecule has 28 heavy (non-hydrogen) atoms. The molecule has 5 nitrogen and oxygen atoms in total. The number of hydrogen-bond acceptors (Lipinski definition) is 4. The van der Waals surface area contributed by atoms with Crippen molar-refractivity contribution in [3.63, 3.8) is 0 Å². The normalized spacial score (nSPS) is 11.4. The Labute approximate surface area is 173 Å². The maximum atomic E-state index is 13.4. The van der Waals surface area contributed by atoms with Crippen molar-refractivity contribution in [1.82, 2.24) is 0 Å². The lowest BCUT2D eigenvalue weighted by Gasteiger charge is -2.24. The van der Waals surface area contributed by atoms with E-state index in [4.69, 9.17) is 27.9 Å². The van der Waals surface area contributed by atoms with Crippen molar-refractivity contribution < 1.29 is 17.9 Å². The van der Waals surface area contributed by atoms with Crippen LogP contribution in [-0.4, -0.2) is 27.5 Å². The predicted octanol–water partition coefficient (Wildman–Crippen LogP) is 4.91. The second-order valence-corrected chi connectivity index (χ2v) is 8.60. The highest BCUT2D eigenvalue weighted by Crippen LogP contribution is 2.31. The van der Waals surface area contributed by atoms with Gasteiger partial charge in [-0.2, -0.15) is 0 Å². The zero-order valence-corrected chi connectivity index (χ0v) is 17.3. The van der Waals surface area contributed by atoms with E-state index < -0.39 is 22.5 Å². The van der Waals surface area contributed by atoms with Gasteiger partial charge in [0.15, 0.2) is 0 Å². The van der Waals surface area contributed by atoms with Crippen LogP contribution in [0.25, 0.3) is 10.8 Å². The van der Waals surface area contributed by atoms with E-state index in [2.05, 4.69) is 0 Å². The van der Waals surface area contributed by atoms with Gasteiger partial charge >= 0.3 is 5.97 Å². The van der Waals surface area contributed by atoms with E-state index in [-0.39, 0.29) is 27.2 Å². The van der Waals surface area contributed by atoms with Crippen LogP contribution in [0.3, 0.4) is 0 Å². The van der Waals surface area contributed by atoms with Crippen molar-refractivity contribution >= 4 is 55.7 Å². The van der Waals surface area contributed by atoms with Crippen LogP contribution in [0.15, 0.2) is 65.6 Å². The average molecular weight is 438 g/mol. The number of halogens is 2. The fraction of sp³-hybridized carbons (Fsp3) is 0.150. The van der Waals surface area contributed by atoms with Crippen LogP contribution in [0.1, 0.15) is 6.92 Å². The number of carbonyl (C=O) groups is 1. The van der Waals surface area contributed by atoms with Gasteiger partial charge in [0, 0.05) is 0 Å². The quantitative estimate of drug-likeness (QED) is 0.514. The molecule has 0 aliphatic heterocycles. The van der Waals surface area contributed by atoms with Gasteiger partial charge in [-0.1, -0.05) is 53.5 Å². The zero-order chi connectivity index (χ0) is 20.3. The topological polar surface area (TPSA) is 63.7 Å². The third kappa shape index (κ3) is 4.24. The first-order chi connectivity index (χ1) is 13.3. The number of anilines is 1. The van der Waals surface area contributed by atoms with E-state index in [1.54, 1.807) is 19.1 Å². The Hall–Kier alpha value is -2.28. The lowest BCUT2D eigenvalue weighted by Crippen LogP contribution is -2.36. The number of sulfonamides is 1. The summed E-state index contributed by atoms with van der Waals surface area (Å²) in [5.41, 5.74) is 0.218. The Balaban J connectivity index is 2.10. The molecule has 0 unspecified atom stereocenters. The number of ether oxygens (including phenoxy) is 1. The van der Waals surface area contributed by atoms with Crippen LogP contribution >= 0.6 is 23.2 Å². The number of fused-ring (bicyclic) bond motifs is 1. The van der Waals surface area contributed by atoms with Crippen molar-refractivity contribution in [2.24, 2.45) is 0 Å². The summed E-state index contributed by atoms with van der Waals surface area (Å²) in [7, 11) is -4.06. The fourth-order valence-electron chi connectivity index (χ4n) is 2.73. The van der Waals surface area contributed by atoms with Gasteiger partial charge < -0.3 is 4.74 Å². The molecule has 3 aromatic carbocycles. The highest BCUT2D eigenvalue weighted by Gasteiger charge is 2.28. The number of benzene rings is 3. The van der Waals surface area contributed by atoms with Gasteiger partial charge in [0.25, 0.3) is 10.0 Å². The minimum Gasteiger partial charge on any atom is -0.465 e. The Bertz CT molecular complexity index is 1130. The van der Waals surface area contributed by atoms with Gasteiger partial charge in [0.2, 0.25) is 0 Å². The van der Waals surface area contributed by atoms with Gasteiger partial charge in [-0.05, 0) is 48.0 Å². The first-order valence-corrected chi connectivity index (χ1v) is 10.6. The van der Waals surface area contributed by atoms with Crippen LogP contribution in [-0.2, 0) is 19.6 Å². The van der Waals surface area contributed by atoms with Crippen molar-refractivity contribution in [1.29, 1.82) is 0 Å². The highest BCUT2D eigenvalue weighted by atomic mass is 35.5.